The summed E-state index contributed by atoms with van der Waals surface area (Å²) in [6.07, 6.45) is 0.815. The maximum absolute atomic E-state index is 5.27. The molecular formula is C15H18N6OS. The maximum atomic E-state index is 5.27. The topological polar surface area (TPSA) is 82.5 Å². The van der Waals surface area contributed by atoms with E-state index in [9.17, 15) is 0 Å². The molecule has 23 heavy (non-hydrogen) atoms. The number of hydrogen-bond acceptors (Lipinski definition) is 7. The van der Waals surface area contributed by atoms with Gasteiger partial charge in [-0.05, 0) is 35.4 Å². The monoisotopic (exact) mass is 330 g/mol. The summed E-state index contributed by atoms with van der Waals surface area (Å²) in [5.74, 6) is 2.37. The van der Waals surface area contributed by atoms with Crippen molar-refractivity contribution in [2.75, 3.05) is 0 Å². The lowest BCUT2D eigenvalue weighted by Crippen LogP contribution is -1.99. The molecule has 0 atom stereocenters. The van der Waals surface area contributed by atoms with Crippen molar-refractivity contribution in [3.05, 3.63) is 41.5 Å². The highest BCUT2D eigenvalue weighted by Crippen LogP contribution is 2.22. The van der Waals surface area contributed by atoms with Gasteiger partial charge in [-0.15, -0.1) is 5.10 Å². The third kappa shape index (κ3) is 3.95. The van der Waals surface area contributed by atoms with E-state index in [0.29, 0.717) is 22.7 Å². The van der Waals surface area contributed by atoms with Crippen molar-refractivity contribution in [3.8, 4) is 5.69 Å². The smallest absolute Gasteiger partial charge is 0.237 e. The standard InChI is InChI=1S/C15H18N6OS/c1-10(2)8-13-16-14(22-18-13)9-23-15-17-19-20-21(15)12-6-4-11(3)5-7-12/h4-7,10H,8-9H2,1-3H3. The Morgan fingerprint density at radius 1 is 1.22 bits per heavy atom. The number of rotatable bonds is 6. The summed E-state index contributed by atoms with van der Waals surface area (Å²) in [5, 5.41) is 16.5. The van der Waals surface area contributed by atoms with Gasteiger partial charge < -0.3 is 4.52 Å². The molecule has 0 saturated carbocycles. The molecule has 1 aromatic carbocycles. The molecule has 0 aliphatic heterocycles. The van der Waals surface area contributed by atoms with Crippen molar-refractivity contribution in [1.82, 2.24) is 30.3 Å². The minimum atomic E-state index is 0.502. The van der Waals surface area contributed by atoms with Crippen molar-refractivity contribution in [2.45, 2.75) is 38.1 Å². The van der Waals surface area contributed by atoms with Gasteiger partial charge in [0.25, 0.3) is 0 Å². The summed E-state index contributed by atoms with van der Waals surface area (Å²) in [7, 11) is 0. The molecule has 3 rings (SSSR count). The molecule has 0 amide bonds. The lowest BCUT2D eigenvalue weighted by Gasteiger charge is -2.03. The molecule has 120 valence electrons. The number of nitrogens with zero attached hydrogens (tertiary/aromatic N) is 6. The van der Waals surface area contributed by atoms with Crippen LogP contribution in [0.1, 0.15) is 31.1 Å². The van der Waals surface area contributed by atoms with Crippen molar-refractivity contribution in [3.63, 3.8) is 0 Å². The van der Waals surface area contributed by atoms with Crippen LogP contribution in [0.4, 0.5) is 0 Å². The van der Waals surface area contributed by atoms with E-state index in [4.69, 9.17) is 4.52 Å². The SMILES string of the molecule is Cc1ccc(-n2nnnc2SCc2nc(CC(C)C)no2)cc1. The summed E-state index contributed by atoms with van der Waals surface area (Å²) in [5.41, 5.74) is 2.12. The predicted octanol–water partition coefficient (Wildman–Crippen LogP) is 2.84. The van der Waals surface area contributed by atoms with Crippen LogP contribution >= 0.6 is 11.8 Å². The lowest BCUT2D eigenvalue weighted by molar-refractivity contribution is 0.382. The quantitative estimate of drug-likeness (QED) is 0.643. The van der Waals surface area contributed by atoms with Gasteiger partial charge in [-0.2, -0.15) is 9.67 Å². The Hall–Kier alpha value is -2.22. The molecule has 0 spiro atoms. The van der Waals surface area contributed by atoms with Crippen LogP contribution in [0.3, 0.4) is 0 Å². The van der Waals surface area contributed by atoms with E-state index < -0.39 is 0 Å². The number of hydrogen-bond donors (Lipinski definition) is 0. The Kier molecular flexibility index (Phi) is 4.71. The summed E-state index contributed by atoms with van der Waals surface area (Å²) < 4.78 is 6.97. The number of aromatic nitrogens is 6. The van der Waals surface area contributed by atoms with Crippen LogP contribution < -0.4 is 0 Å². The van der Waals surface area contributed by atoms with Crippen LogP contribution in [0, 0.1) is 12.8 Å². The predicted molar refractivity (Wildman–Crippen MR) is 86.3 cm³/mol. The summed E-state index contributed by atoms with van der Waals surface area (Å²) >= 11 is 1.47. The van der Waals surface area contributed by atoms with Gasteiger partial charge in [0.2, 0.25) is 11.0 Å². The number of thioether (sulfide) groups is 1. The van der Waals surface area contributed by atoms with Crippen LogP contribution in [0.2, 0.25) is 0 Å². The van der Waals surface area contributed by atoms with Gasteiger partial charge in [-0.25, -0.2) is 0 Å². The minimum Gasteiger partial charge on any atom is -0.338 e. The van der Waals surface area contributed by atoms with Gasteiger partial charge >= 0.3 is 0 Å². The van der Waals surface area contributed by atoms with Crippen molar-refractivity contribution >= 4 is 11.8 Å². The molecule has 0 bridgehead atoms. The zero-order valence-corrected chi connectivity index (χ0v) is 14.1. The first kappa shape index (κ1) is 15.7. The maximum Gasteiger partial charge on any atom is 0.237 e. The lowest BCUT2D eigenvalue weighted by atomic mass is 10.1. The zero-order chi connectivity index (χ0) is 16.2. The third-order valence-corrected chi connectivity index (χ3v) is 4.05. The largest absolute Gasteiger partial charge is 0.338 e. The van der Waals surface area contributed by atoms with Crippen LogP contribution in [-0.4, -0.2) is 30.3 Å². The Morgan fingerprint density at radius 3 is 2.74 bits per heavy atom. The van der Waals surface area contributed by atoms with E-state index in [1.807, 2.05) is 31.2 Å². The molecular weight excluding hydrogens is 312 g/mol. The van der Waals surface area contributed by atoms with E-state index in [1.54, 1.807) is 4.68 Å². The second-order valence-corrected chi connectivity index (χ2v) is 6.64. The number of tetrazole rings is 1. The molecule has 0 saturated heterocycles. The molecule has 0 fully saturated rings. The number of aryl methyl sites for hydroxylation is 1. The first-order valence-electron chi connectivity index (χ1n) is 7.41. The highest BCUT2D eigenvalue weighted by atomic mass is 32.2. The van der Waals surface area contributed by atoms with Crippen LogP contribution in [0.5, 0.6) is 0 Å². The fourth-order valence-corrected chi connectivity index (χ4v) is 2.77. The molecule has 0 aliphatic carbocycles. The summed E-state index contributed by atoms with van der Waals surface area (Å²) in [4.78, 5) is 4.39. The highest BCUT2D eigenvalue weighted by molar-refractivity contribution is 7.98. The first-order valence-corrected chi connectivity index (χ1v) is 8.40. The van der Waals surface area contributed by atoms with E-state index in [2.05, 4.69) is 39.5 Å². The van der Waals surface area contributed by atoms with Gasteiger partial charge in [-0.3, -0.25) is 0 Å². The Labute approximate surface area is 138 Å². The first-order chi connectivity index (χ1) is 11.1. The molecule has 0 N–H and O–H groups in total. The van der Waals surface area contributed by atoms with Crippen LogP contribution in [0.25, 0.3) is 5.69 Å². The van der Waals surface area contributed by atoms with Crippen molar-refractivity contribution in [2.24, 2.45) is 5.92 Å². The molecule has 0 aliphatic rings. The van der Waals surface area contributed by atoms with Gasteiger partial charge in [0.15, 0.2) is 5.82 Å². The van der Waals surface area contributed by atoms with Gasteiger partial charge in [0, 0.05) is 6.42 Å². The van der Waals surface area contributed by atoms with Gasteiger partial charge in [0.05, 0.1) is 11.4 Å². The molecule has 3 aromatic rings. The average molecular weight is 330 g/mol. The average Bonchev–Trinajstić information content (AvgIpc) is 3.14. The van der Waals surface area contributed by atoms with E-state index in [1.165, 1.54) is 17.3 Å². The van der Waals surface area contributed by atoms with Crippen molar-refractivity contribution in [1.29, 1.82) is 0 Å². The van der Waals surface area contributed by atoms with Gasteiger partial charge in [-0.1, -0.05) is 48.5 Å². The summed E-state index contributed by atoms with van der Waals surface area (Å²) in [6.45, 7) is 6.30. The zero-order valence-electron chi connectivity index (χ0n) is 13.3. The normalized spacial score (nSPS) is 11.3. The Bertz CT molecular complexity index is 764. The molecule has 7 nitrogen and oxygen atoms in total. The van der Waals surface area contributed by atoms with E-state index in [0.717, 1.165) is 17.9 Å². The van der Waals surface area contributed by atoms with Crippen LogP contribution in [0.15, 0.2) is 33.9 Å². The molecule has 2 aromatic heterocycles. The molecule has 2 heterocycles. The Morgan fingerprint density at radius 2 is 2.00 bits per heavy atom. The third-order valence-electron chi connectivity index (χ3n) is 3.15. The van der Waals surface area contributed by atoms with E-state index in [-0.39, 0.29) is 0 Å². The minimum absolute atomic E-state index is 0.502. The fourth-order valence-electron chi connectivity index (χ4n) is 2.04. The second-order valence-electron chi connectivity index (χ2n) is 5.70. The Balaban J connectivity index is 1.68. The fraction of sp³-hybridized carbons (Fsp3) is 0.400. The van der Waals surface area contributed by atoms with Crippen LogP contribution in [-0.2, 0) is 12.2 Å². The molecule has 0 unspecified atom stereocenters. The summed E-state index contributed by atoms with van der Waals surface area (Å²) in [6, 6.07) is 8.04. The van der Waals surface area contributed by atoms with Crippen molar-refractivity contribution < 1.29 is 4.52 Å². The molecule has 8 heteroatoms. The molecule has 0 radical (unpaired) electrons. The highest BCUT2D eigenvalue weighted by Gasteiger charge is 2.13. The van der Waals surface area contributed by atoms with Gasteiger partial charge in [0.1, 0.15) is 0 Å². The number of benzene rings is 1. The van der Waals surface area contributed by atoms with E-state index >= 15 is 0 Å². The second kappa shape index (κ2) is 6.91.